The van der Waals surface area contributed by atoms with Gasteiger partial charge in [0.1, 0.15) is 27.4 Å². The Balaban J connectivity index is 3.64. The first kappa shape index (κ1) is 13.1. The van der Waals surface area contributed by atoms with E-state index in [0.717, 1.165) is 0 Å². The van der Waals surface area contributed by atoms with Crippen LogP contribution in [-0.4, -0.2) is 13.4 Å². The molecule has 0 spiro atoms. The van der Waals surface area contributed by atoms with Gasteiger partial charge in [-0.2, -0.15) is 5.26 Å². The summed E-state index contributed by atoms with van der Waals surface area (Å²) in [5.74, 6) is 0. The standard InChI is InChI=1S/C7H2Cl2F2N2O2S/c8-6-3(2-12)5(16(9,14)15)1-4(13-6)7(10)11/h1,7H. The van der Waals surface area contributed by atoms with Crippen LogP contribution in [0, 0.1) is 11.3 Å². The molecular formula is C7H2Cl2F2N2O2S. The number of alkyl halides is 2. The first-order valence-electron chi connectivity index (χ1n) is 3.60. The van der Waals surface area contributed by atoms with Gasteiger partial charge in [0.15, 0.2) is 0 Å². The third kappa shape index (κ3) is 2.58. The minimum Gasteiger partial charge on any atom is -0.234 e. The summed E-state index contributed by atoms with van der Waals surface area (Å²) in [6.45, 7) is 0. The van der Waals surface area contributed by atoms with Gasteiger partial charge in [0, 0.05) is 10.7 Å². The Bertz CT molecular complexity index is 568. The van der Waals surface area contributed by atoms with E-state index >= 15 is 0 Å². The van der Waals surface area contributed by atoms with Crippen molar-refractivity contribution in [3.8, 4) is 6.07 Å². The summed E-state index contributed by atoms with van der Waals surface area (Å²) >= 11 is 5.39. The molecule has 4 nitrogen and oxygen atoms in total. The van der Waals surface area contributed by atoms with Crippen LogP contribution in [0.4, 0.5) is 8.78 Å². The van der Waals surface area contributed by atoms with Gasteiger partial charge in [-0.25, -0.2) is 22.2 Å². The highest BCUT2D eigenvalue weighted by Gasteiger charge is 2.23. The Morgan fingerprint density at radius 3 is 2.44 bits per heavy atom. The van der Waals surface area contributed by atoms with Crippen LogP contribution in [0.2, 0.25) is 5.15 Å². The Morgan fingerprint density at radius 1 is 1.50 bits per heavy atom. The zero-order valence-electron chi connectivity index (χ0n) is 7.29. The van der Waals surface area contributed by atoms with Gasteiger partial charge < -0.3 is 0 Å². The van der Waals surface area contributed by atoms with Crippen molar-refractivity contribution in [3.63, 3.8) is 0 Å². The minimum absolute atomic E-state index is 0.525. The molecule has 86 valence electrons. The number of rotatable bonds is 2. The van der Waals surface area contributed by atoms with E-state index in [9.17, 15) is 17.2 Å². The van der Waals surface area contributed by atoms with E-state index in [0.29, 0.717) is 6.07 Å². The van der Waals surface area contributed by atoms with Crippen molar-refractivity contribution < 1.29 is 17.2 Å². The fourth-order valence-corrected chi connectivity index (χ4v) is 2.23. The summed E-state index contributed by atoms with van der Waals surface area (Å²) in [6.07, 6.45) is -3.01. The summed E-state index contributed by atoms with van der Waals surface area (Å²) in [4.78, 5) is 2.42. The molecule has 16 heavy (non-hydrogen) atoms. The Hall–Kier alpha value is -0.970. The van der Waals surface area contributed by atoms with Crippen LogP contribution in [0.3, 0.4) is 0 Å². The molecule has 1 aromatic rings. The molecule has 0 fully saturated rings. The van der Waals surface area contributed by atoms with Crippen molar-refractivity contribution in [3.05, 3.63) is 22.5 Å². The monoisotopic (exact) mass is 286 g/mol. The van der Waals surface area contributed by atoms with Gasteiger partial charge in [-0.1, -0.05) is 11.6 Å². The fourth-order valence-electron chi connectivity index (χ4n) is 0.915. The largest absolute Gasteiger partial charge is 0.280 e. The van der Waals surface area contributed by atoms with E-state index in [2.05, 4.69) is 4.98 Å². The predicted octanol–water partition coefficient (Wildman–Crippen LogP) is 2.47. The summed E-state index contributed by atoms with van der Waals surface area (Å²) in [6, 6.07) is 1.96. The number of nitriles is 1. The first-order chi connectivity index (χ1) is 7.27. The van der Waals surface area contributed by atoms with Gasteiger partial charge in [0.05, 0.1) is 0 Å². The highest BCUT2D eigenvalue weighted by atomic mass is 35.7. The van der Waals surface area contributed by atoms with Crippen LogP contribution in [0.15, 0.2) is 11.0 Å². The molecule has 0 atom stereocenters. The predicted molar refractivity (Wildman–Crippen MR) is 52.0 cm³/mol. The van der Waals surface area contributed by atoms with Crippen molar-refractivity contribution in [2.45, 2.75) is 11.3 Å². The maximum absolute atomic E-state index is 12.3. The van der Waals surface area contributed by atoms with Crippen molar-refractivity contribution in [2.75, 3.05) is 0 Å². The van der Waals surface area contributed by atoms with Crippen molar-refractivity contribution in [1.82, 2.24) is 4.98 Å². The van der Waals surface area contributed by atoms with E-state index in [1.165, 1.54) is 6.07 Å². The number of hydrogen-bond donors (Lipinski definition) is 0. The Morgan fingerprint density at radius 2 is 2.06 bits per heavy atom. The maximum Gasteiger partial charge on any atom is 0.280 e. The molecular weight excluding hydrogens is 285 g/mol. The third-order valence-corrected chi connectivity index (χ3v) is 3.18. The molecule has 1 aromatic heterocycles. The lowest BCUT2D eigenvalue weighted by Crippen LogP contribution is -2.02. The molecule has 0 amide bonds. The van der Waals surface area contributed by atoms with Crippen LogP contribution in [-0.2, 0) is 9.05 Å². The molecule has 0 saturated carbocycles. The molecule has 9 heteroatoms. The number of aromatic nitrogens is 1. The SMILES string of the molecule is N#Cc1c(S(=O)(=O)Cl)cc(C(F)F)nc1Cl. The average molecular weight is 287 g/mol. The first-order valence-corrected chi connectivity index (χ1v) is 6.29. The topological polar surface area (TPSA) is 70.8 Å². The lowest BCUT2D eigenvalue weighted by molar-refractivity contribution is 0.146. The second-order valence-corrected chi connectivity index (χ2v) is 5.45. The lowest BCUT2D eigenvalue weighted by atomic mass is 10.2. The van der Waals surface area contributed by atoms with Gasteiger partial charge in [0.25, 0.3) is 15.5 Å². The molecule has 0 radical (unpaired) electrons. The van der Waals surface area contributed by atoms with Crippen LogP contribution >= 0.6 is 22.3 Å². The number of nitrogens with zero attached hydrogens (tertiary/aromatic N) is 2. The van der Waals surface area contributed by atoms with Gasteiger partial charge in [-0.3, -0.25) is 0 Å². The zero-order valence-corrected chi connectivity index (χ0v) is 9.61. The summed E-state index contributed by atoms with van der Waals surface area (Å²) in [5, 5.41) is 7.98. The zero-order chi connectivity index (χ0) is 12.5. The molecule has 0 aliphatic rings. The van der Waals surface area contributed by atoms with Crippen LogP contribution < -0.4 is 0 Å². The van der Waals surface area contributed by atoms with Crippen molar-refractivity contribution in [2.24, 2.45) is 0 Å². The molecule has 0 unspecified atom stereocenters. The van der Waals surface area contributed by atoms with E-state index in [-0.39, 0.29) is 0 Å². The Labute approximate surface area is 98.8 Å². The second-order valence-electron chi connectivity index (χ2n) is 2.56. The molecule has 0 aliphatic heterocycles. The minimum atomic E-state index is -4.33. The van der Waals surface area contributed by atoms with E-state index < -0.39 is 36.8 Å². The average Bonchev–Trinajstić information content (AvgIpc) is 2.14. The number of hydrogen-bond acceptors (Lipinski definition) is 4. The highest BCUT2D eigenvalue weighted by Crippen LogP contribution is 2.29. The fraction of sp³-hybridized carbons (Fsp3) is 0.143. The maximum atomic E-state index is 12.3. The number of pyridine rings is 1. The normalized spacial score (nSPS) is 11.5. The van der Waals surface area contributed by atoms with E-state index in [1.54, 1.807) is 0 Å². The smallest absolute Gasteiger partial charge is 0.234 e. The van der Waals surface area contributed by atoms with Gasteiger partial charge in [-0.05, 0) is 6.07 Å². The molecule has 0 bridgehead atoms. The van der Waals surface area contributed by atoms with E-state index in [1.807, 2.05) is 0 Å². The highest BCUT2D eigenvalue weighted by molar-refractivity contribution is 8.13. The Kier molecular flexibility index (Phi) is 3.68. The van der Waals surface area contributed by atoms with Gasteiger partial charge >= 0.3 is 0 Å². The quantitative estimate of drug-likeness (QED) is 0.618. The van der Waals surface area contributed by atoms with E-state index in [4.69, 9.17) is 27.5 Å². The van der Waals surface area contributed by atoms with Crippen molar-refractivity contribution >= 4 is 31.3 Å². The van der Waals surface area contributed by atoms with Crippen LogP contribution in [0.5, 0.6) is 0 Å². The molecule has 1 rings (SSSR count). The molecule has 1 heterocycles. The third-order valence-electron chi connectivity index (χ3n) is 1.56. The second kappa shape index (κ2) is 4.49. The molecule has 0 aromatic carbocycles. The summed E-state index contributed by atoms with van der Waals surface area (Å²) in [7, 11) is 0.649. The molecule has 0 N–H and O–H groups in total. The number of halogens is 4. The van der Waals surface area contributed by atoms with Gasteiger partial charge in [0.2, 0.25) is 0 Å². The summed E-state index contributed by atoms with van der Waals surface area (Å²) < 4.78 is 46.7. The molecule has 0 aliphatic carbocycles. The lowest BCUT2D eigenvalue weighted by Gasteiger charge is -2.05. The van der Waals surface area contributed by atoms with Crippen molar-refractivity contribution in [1.29, 1.82) is 5.26 Å². The summed E-state index contributed by atoms with van der Waals surface area (Å²) in [5.41, 5.74) is -1.41. The van der Waals surface area contributed by atoms with Gasteiger partial charge in [-0.15, -0.1) is 0 Å². The van der Waals surface area contributed by atoms with Crippen LogP contribution in [0.1, 0.15) is 17.7 Å². The van der Waals surface area contributed by atoms with Crippen LogP contribution in [0.25, 0.3) is 0 Å². The molecule has 0 saturated heterocycles.